The summed E-state index contributed by atoms with van der Waals surface area (Å²) in [7, 11) is 1.66. The molecule has 5 nitrogen and oxygen atoms in total. The van der Waals surface area contributed by atoms with Crippen LogP contribution in [0, 0.1) is 0 Å². The van der Waals surface area contributed by atoms with Crippen LogP contribution >= 0.6 is 11.6 Å². The summed E-state index contributed by atoms with van der Waals surface area (Å²) in [6, 6.07) is 21.2. The minimum atomic E-state index is 0.369. The molecule has 0 aliphatic heterocycles. The molecule has 0 bridgehead atoms. The Kier molecular flexibility index (Phi) is 7.98. The summed E-state index contributed by atoms with van der Waals surface area (Å²) in [5, 5.41) is 4.98. The molecular formula is C24H25ClN2O3. The van der Waals surface area contributed by atoms with Crippen LogP contribution in [-0.4, -0.2) is 19.9 Å². The third-order valence-corrected chi connectivity index (χ3v) is 4.74. The maximum Gasteiger partial charge on any atom is 0.161 e. The zero-order valence-electron chi connectivity index (χ0n) is 17.1. The second-order valence-corrected chi connectivity index (χ2v) is 6.83. The van der Waals surface area contributed by atoms with Crippen molar-refractivity contribution < 1.29 is 14.2 Å². The van der Waals surface area contributed by atoms with Crippen LogP contribution in [-0.2, 0) is 13.2 Å². The molecular weight excluding hydrogens is 400 g/mol. The van der Waals surface area contributed by atoms with E-state index in [0.717, 1.165) is 22.4 Å². The average molecular weight is 425 g/mol. The molecule has 0 amide bonds. The minimum Gasteiger partial charge on any atom is -0.496 e. The zero-order chi connectivity index (χ0) is 21.2. The van der Waals surface area contributed by atoms with Gasteiger partial charge in [0.1, 0.15) is 12.4 Å². The normalized spacial score (nSPS) is 10.8. The Morgan fingerprint density at radius 1 is 0.900 bits per heavy atom. The van der Waals surface area contributed by atoms with E-state index < -0.39 is 0 Å². The number of methoxy groups -OCH3 is 1. The van der Waals surface area contributed by atoms with Gasteiger partial charge in [-0.2, -0.15) is 5.10 Å². The van der Waals surface area contributed by atoms with Crippen molar-refractivity contribution in [1.29, 1.82) is 0 Å². The molecule has 3 aromatic rings. The number of halogens is 1. The van der Waals surface area contributed by atoms with E-state index in [1.807, 2.05) is 73.7 Å². The Morgan fingerprint density at radius 2 is 1.67 bits per heavy atom. The van der Waals surface area contributed by atoms with E-state index in [1.54, 1.807) is 13.3 Å². The molecule has 0 heterocycles. The molecule has 0 radical (unpaired) electrons. The van der Waals surface area contributed by atoms with Crippen LogP contribution in [0.15, 0.2) is 71.8 Å². The molecule has 30 heavy (non-hydrogen) atoms. The fourth-order valence-corrected chi connectivity index (χ4v) is 3.05. The van der Waals surface area contributed by atoms with E-state index in [1.165, 1.54) is 0 Å². The monoisotopic (exact) mass is 424 g/mol. The van der Waals surface area contributed by atoms with Crippen molar-refractivity contribution in [3.63, 3.8) is 0 Å². The minimum absolute atomic E-state index is 0.369. The fraction of sp³-hybridized carbons (Fsp3) is 0.208. The molecule has 3 rings (SSSR count). The van der Waals surface area contributed by atoms with E-state index in [9.17, 15) is 0 Å². The number of hydrogen-bond acceptors (Lipinski definition) is 5. The summed E-state index contributed by atoms with van der Waals surface area (Å²) in [6.45, 7) is 3.41. The number of hydrogen-bond donors (Lipinski definition) is 1. The Hall–Kier alpha value is -3.18. The molecule has 3 aromatic carbocycles. The highest BCUT2D eigenvalue weighted by molar-refractivity contribution is 6.31. The van der Waals surface area contributed by atoms with Gasteiger partial charge in [-0.05, 0) is 42.8 Å². The van der Waals surface area contributed by atoms with Gasteiger partial charge in [0.05, 0.1) is 26.5 Å². The SMILES string of the molecule is CCOc1cc(/C=N\NCc2ccccc2OC)ccc1OCc1ccccc1Cl. The maximum absolute atomic E-state index is 6.21. The zero-order valence-corrected chi connectivity index (χ0v) is 17.9. The van der Waals surface area contributed by atoms with Gasteiger partial charge in [0, 0.05) is 16.1 Å². The molecule has 0 aliphatic rings. The lowest BCUT2D eigenvalue weighted by Crippen LogP contribution is -2.07. The molecule has 0 saturated heterocycles. The summed E-state index contributed by atoms with van der Waals surface area (Å²) in [6.07, 6.45) is 1.75. The van der Waals surface area contributed by atoms with E-state index >= 15 is 0 Å². The first-order valence-electron chi connectivity index (χ1n) is 9.72. The first kappa shape index (κ1) is 21.5. The van der Waals surface area contributed by atoms with Gasteiger partial charge in [-0.1, -0.05) is 48.0 Å². The van der Waals surface area contributed by atoms with Crippen LogP contribution < -0.4 is 19.6 Å². The van der Waals surface area contributed by atoms with Gasteiger partial charge >= 0.3 is 0 Å². The smallest absolute Gasteiger partial charge is 0.161 e. The first-order chi connectivity index (χ1) is 14.7. The summed E-state index contributed by atoms with van der Waals surface area (Å²) in [5.41, 5.74) is 5.91. The number of nitrogens with zero attached hydrogens (tertiary/aromatic N) is 1. The van der Waals surface area contributed by atoms with Crippen molar-refractivity contribution >= 4 is 17.8 Å². The largest absolute Gasteiger partial charge is 0.496 e. The highest BCUT2D eigenvalue weighted by Crippen LogP contribution is 2.29. The van der Waals surface area contributed by atoms with Gasteiger partial charge in [0.15, 0.2) is 11.5 Å². The highest BCUT2D eigenvalue weighted by Gasteiger charge is 2.08. The van der Waals surface area contributed by atoms with Gasteiger partial charge in [-0.3, -0.25) is 0 Å². The van der Waals surface area contributed by atoms with E-state index in [-0.39, 0.29) is 0 Å². The predicted octanol–water partition coefficient (Wildman–Crippen LogP) is 5.45. The molecule has 0 unspecified atom stereocenters. The quantitative estimate of drug-likeness (QED) is 0.347. The lowest BCUT2D eigenvalue weighted by atomic mass is 10.2. The number of hydrazone groups is 1. The first-order valence-corrected chi connectivity index (χ1v) is 10.1. The number of ether oxygens (including phenoxy) is 3. The van der Waals surface area contributed by atoms with Crippen molar-refractivity contribution in [2.75, 3.05) is 13.7 Å². The number of para-hydroxylation sites is 1. The molecule has 0 fully saturated rings. The number of benzene rings is 3. The van der Waals surface area contributed by atoms with Crippen LogP contribution in [0.25, 0.3) is 0 Å². The molecule has 156 valence electrons. The van der Waals surface area contributed by atoms with Crippen molar-refractivity contribution in [3.8, 4) is 17.2 Å². The fourth-order valence-electron chi connectivity index (χ4n) is 2.86. The van der Waals surface area contributed by atoms with E-state index in [0.29, 0.717) is 36.3 Å². The average Bonchev–Trinajstić information content (AvgIpc) is 2.77. The molecule has 6 heteroatoms. The van der Waals surface area contributed by atoms with Crippen LogP contribution in [0.5, 0.6) is 17.2 Å². The molecule has 0 aromatic heterocycles. The van der Waals surface area contributed by atoms with Crippen LogP contribution in [0.2, 0.25) is 5.02 Å². The molecule has 0 spiro atoms. The van der Waals surface area contributed by atoms with Crippen LogP contribution in [0.1, 0.15) is 23.6 Å². The summed E-state index contributed by atoms with van der Waals surface area (Å²) in [4.78, 5) is 0. The molecule has 0 atom stereocenters. The summed E-state index contributed by atoms with van der Waals surface area (Å²) < 4.78 is 17.0. The van der Waals surface area contributed by atoms with Gasteiger partial charge in [0.25, 0.3) is 0 Å². The Balaban J connectivity index is 1.63. The number of nitrogens with one attached hydrogen (secondary N) is 1. The highest BCUT2D eigenvalue weighted by atomic mass is 35.5. The van der Waals surface area contributed by atoms with E-state index in [2.05, 4.69) is 10.5 Å². The van der Waals surface area contributed by atoms with Crippen molar-refractivity contribution in [1.82, 2.24) is 5.43 Å². The molecule has 0 aliphatic carbocycles. The van der Waals surface area contributed by atoms with Crippen molar-refractivity contribution in [3.05, 3.63) is 88.4 Å². The third-order valence-electron chi connectivity index (χ3n) is 4.38. The van der Waals surface area contributed by atoms with Crippen LogP contribution in [0.4, 0.5) is 0 Å². The Labute approximate surface area is 182 Å². The maximum atomic E-state index is 6.21. The van der Waals surface area contributed by atoms with Gasteiger partial charge < -0.3 is 19.6 Å². The summed E-state index contributed by atoms with van der Waals surface area (Å²) in [5.74, 6) is 2.16. The Morgan fingerprint density at radius 3 is 2.43 bits per heavy atom. The predicted molar refractivity (Wildman–Crippen MR) is 121 cm³/mol. The summed E-state index contributed by atoms with van der Waals surface area (Å²) >= 11 is 6.21. The third kappa shape index (κ3) is 5.91. The van der Waals surface area contributed by atoms with Gasteiger partial charge in [-0.15, -0.1) is 0 Å². The lowest BCUT2D eigenvalue weighted by molar-refractivity contribution is 0.269. The second kappa shape index (κ2) is 11.1. The van der Waals surface area contributed by atoms with Gasteiger partial charge in [-0.25, -0.2) is 0 Å². The standard InChI is InChI=1S/C24H25ClN2O3/c1-3-29-24-14-18(15-26-27-16-19-8-5-7-11-22(19)28-2)12-13-23(24)30-17-20-9-4-6-10-21(20)25/h4-15,27H,3,16-17H2,1-2H3/b26-15-. The lowest BCUT2D eigenvalue weighted by Gasteiger charge is -2.13. The second-order valence-electron chi connectivity index (χ2n) is 6.42. The van der Waals surface area contributed by atoms with Gasteiger partial charge in [0.2, 0.25) is 0 Å². The Bertz CT molecular complexity index is 992. The molecule has 1 N–H and O–H groups in total. The number of rotatable bonds is 10. The molecule has 0 saturated carbocycles. The van der Waals surface area contributed by atoms with Crippen molar-refractivity contribution in [2.45, 2.75) is 20.1 Å². The van der Waals surface area contributed by atoms with Crippen molar-refractivity contribution in [2.24, 2.45) is 5.10 Å². The van der Waals surface area contributed by atoms with Crippen LogP contribution in [0.3, 0.4) is 0 Å². The topological polar surface area (TPSA) is 52.1 Å². The van der Waals surface area contributed by atoms with E-state index in [4.69, 9.17) is 25.8 Å².